The summed E-state index contributed by atoms with van der Waals surface area (Å²) >= 11 is 1.60. The van der Waals surface area contributed by atoms with Crippen molar-refractivity contribution in [2.75, 3.05) is 33.2 Å². The van der Waals surface area contributed by atoms with Gasteiger partial charge in [-0.3, -0.25) is 0 Å². The lowest BCUT2D eigenvalue weighted by atomic mass is 10.4. The van der Waals surface area contributed by atoms with Crippen LogP contribution in [0.1, 0.15) is 0 Å². The molecule has 1 saturated heterocycles. The summed E-state index contributed by atoms with van der Waals surface area (Å²) in [6.07, 6.45) is 0. The van der Waals surface area contributed by atoms with Crippen LogP contribution in [0.25, 0.3) is 0 Å². The standard InChI is InChI=1S/C6H13N2S/c1-7-3-5-8(9-2)6-4-7/h2-6H2,1H3/q+1. The Labute approximate surface area is 60.5 Å². The summed E-state index contributed by atoms with van der Waals surface area (Å²) < 4.78 is 2.29. The van der Waals surface area contributed by atoms with E-state index in [1.807, 2.05) is 0 Å². The fraction of sp³-hybridized carbons (Fsp3) is 0.833. The van der Waals surface area contributed by atoms with Gasteiger partial charge in [0.2, 0.25) is 0 Å². The molecule has 0 aromatic heterocycles. The van der Waals surface area contributed by atoms with Gasteiger partial charge in [0.25, 0.3) is 11.5 Å². The van der Waals surface area contributed by atoms with Crippen LogP contribution < -0.4 is 0 Å². The third kappa shape index (κ3) is 2.01. The molecule has 1 heterocycles. The van der Waals surface area contributed by atoms with Crippen molar-refractivity contribution in [1.82, 2.24) is 9.21 Å². The minimum Gasteiger partial charge on any atom is -0.303 e. The van der Waals surface area contributed by atoms with E-state index in [1.165, 1.54) is 13.1 Å². The van der Waals surface area contributed by atoms with Gasteiger partial charge in [-0.1, -0.05) is 4.31 Å². The maximum absolute atomic E-state index is 3.76. The summed E-state index contributed by atoms with van der Waals surface area (Å²) in [4.78, 5) is 2.34. The van der Waals surface area contributed by atoms with Crippen molar-refractivity contribution in [2.45, 2.75) is 0 Å². The fourth-order valence-corrected chi connectivity index (χ4v) is 1.34. The molecule has 0 amide bonds. The summed E-state index contributed by atoms with van der Waals surface area (Å²) in [7, 11) is 2.16. The first kappa shape index (κ1) is 7.12. The van der Waals surface area contributed by atoms with E-state index >= 15 is 0 Å². The van der Waals surface area contributed by atoms with Gasteiger partial charge in [-0.15, -0.1) is 0 Å². The van der Waals surface area contributed by atoms with Crippen molar-refractivity contribution >= 4 is 17.4 Å². The monoisotopic (exact) mass is 145 g/mol. The minimum absolute atomic E-state index is 1.16. The molecule has 0 radical (unpaired) electrons. The highest BCUT2D eigenvalue weighted by Gasteiger charge is 2.17. The van der Waals surface area contributed by atoms with Crippen molar-refractivity contribution in [3.8, 4) is 0 Å². The molecule has 0 aromatic carbocycles. The Bertz CT molecular complexity index is 97.2. The third-order valence-electron chi connectivity index (χ3n) is 1.64. The normalized spacial score (nSPS) is 24.1. The van der Waals surface area contributed by atoms with Gasteiger partial charge < -0.3 is 4.90 Å². The van der Waals surface area contributed by atoms with E-state index in [1.54, 1.807) is 11.5 Å². The molecule has 3 heteroatoms. The molecule has 52 valence electrons. The van der Waals surface area contributed by atoms with Crippen molar-refractivity contribution < 1.29 is 0 Å². The molecule has 0 bridgehead atoms. The lowest BCUT2D eigenvalue weighted by Crippen LogP contribution is -2.42. The van der Waals surface area contributed by atoms with E-state index in [4.69, 9.17) is 0 Å². The van der Waals surface area contributed by atoms with Gasteiger partial charge in [0.05, 0.1) is 13.1 Å². The number of hydrogen-bond acceptors (Lipinski definition) is 2. The molecule has 0 aromatic rings. The van der Waals surface area contributed by atoms with Crippen LogP contribution in [0.3, 0.4) is 0 Å². The van der Waals surface area contributed by atoms with Crippen LogP contribution in [-0.4, -0.2) is 48.3 Å². The highest BCUT2D eigenvalue weighted by atomic mass is 32.1. The molecular weight excluding hydrogens is 132 g/mol. The first-order valence-electron chi connectivity index (χ1n) is 3.18. The first-order valence-corrected chi connectivity index (χ1v) is 4.13. The quantitative estimate of drug-likeness (QED) is 0.283. The van der Waals surface area contributed by atoms with Gasteiger partial charge in [0.15, 0.2) is 5.87 Å². The van der Waals surface area contributed by atoms with Crippen molar-refractivity contribution in [1.29, 1.82) is 0 Å². The van der Waals surface area contributed by atoms with Crippen LogP contribution >= 0.6 is 0 Å². The lowest BCUT2D eigenvalue weighted by Gasteiger charge is -2.22. The number of rotatable bonds is 1. The molecule has 0 N–H and O–H groups in total. The van der Waals surface area contributed by atoms with E-state index in [0.717, 1.165) is 13.1 Å². The summed E-state index contributed by atoms with van der Waals surface area (Å²) in [5, 5.41) is 0. The molecule has 0 atom stereocenters. The molecule has 1 fully saturated rings. The summed E-state index contributed by atoms with van der Waals surface area (Å²) in [5.41, 5.74) is 0. The van der Waals surface area contributed by atoms with Gasteiger partial charge in [0, 0.05) is 13.1 Å². The zero-order valence-corrected chi connectivity index (χ0v) is 6.65. The largest absolute Gasteiger partial charge is 0.303 e. The van der Waals surface area contributed by atoms with Crippen molar-refractivity contribution in [3.63, 3.8) is 0 Å². The molecule has 0 spiro atoms. The zero-order chi connectivity index (χ0) is 6.69. The second-order valence-corrected chi connectivity index (χ2v) is 3.14. The predicted molar refractivity (Wildman–Crippen MR) is 43.6 cm³/mol. The fourth-order valence-electron chi connectivity index (χ4n) is 0.917. The van der Waals surface area contributed by atoms with E-state index in [-0.39, 0.29) is 0 Å². The Morgan fingerprint density at radius 1 is 1.22 bits per heavy atom. The lowest BCUT2D eigenvalue weighted by molar-refractivity contribution is 0.234. The molecule has 0 unspecified atom stereocenters. The van der Waals surface area contributed by atoms with Crippen LogP contribution in [0.5, 0.6) is 0 Å². The average molecular weight is 145 g/mol. The topological polar surface area (TPSA) is 6.48 Å². The Morgan fingerprint density at radius 2 is 1.78 bits per heavy atom. The number of likely N-dealkylation sites (N-methyl/N-ethyl adjacent to an activating group) is 1. The SMILES string of the molecule is C=[S+]N1CCN(C)CC1. The van der Waals surface area contributed by atoms with Crippen LogP contribution in [0, 0.1) is 0 Å². The molecule has 1 rings (SSSR count). The molecule has 1 aliphatic heterocycles. The van der Waals surface area contributed by atoms with E-state index in [2.05, 4.69) is 22.1 Å². The summed E-state index contributed by atoms with van der Waals surface area (Å²) in [5.74, 6) is 3.76. The highest BCUT2D eigenvalue weighted by molar-refractivity contribution is 7.73. The number of hydrogen-bond donors (Lipinski definition) is 0. The van der Waals surface area contributed by atoms with Gasteiger partial charge in [0.1, 0.15) is 0 Å². The van der Waals surface area contributed by atoms with Gasteiger partial charge in [-0.25, -0.2) is 0 Å². The number of nitrogens with zero attached hydrogens (tertiary/aromatic N) is 2. The van der Waals surface area contributed by atoms with Crippen molar-refractivity contribution in [3.05, 3.63) is 0 Å². The maximum Gasteiger partial charge on any atom is 0.286 e. The predicted octanol–water partition coefficient (Wildman–Crippen LogP) is -0.337. The minimum atomic E-state index is 1.16. The maximum atomic E-state index is 3.76. The second-order valence-electron chi connectivity index (χ2n) is 2.36. The number of piperazine rings is 1. The van der Waals surface area contributed by atoms with Gasteiger partial charge >= 0.3 is 0 Å². The smallest absolute Gasteiger partial charge is 0.286 e. The highest BCUT2D eigenvalue weighted by Crippen LogP contribution is 1.95. The molecule has 0 saturated carbocycles. The third-order valence-corrected chi connectivity index (χ3v) is 2.38. The Balaban J connectivity index is 2.26. The Morgan fingerprint density at radius 3 is 2.22 bits per heavy atom. The second kappa shape index (κ2) is 3.25. The van der Waals surface area contributed by atoms with Crippen LogP contribution in [-0.2, 0) is 11.5 Å². The van der Waals surface area contributed by atoms with E-state index in [9.17, 15) is 0 Å². The van der Waals surface area contributed by atoms with Crippen molar-refractivity contribution in [2.24, 2.45) is 0 Å². The Hall–Kier alpha value is 0.0100. The van der Waals surface area contributed by atoms with Gasteiger partial charge in [-0.2, -0.15) is 0 Å². The van der Waals surface area contributed by atoms with E-state index in [0.29, 0.717) is 0 Å². The molecule has 2 nitrogen and oxygen atoms in total. The molecular formula is C6H13N2S+. The Kier molecular flexibility index (Phi) is 2.57. The van der Waals surface area contributed by atoms with Gasteiger partial charge in [-0.05, 0) is 7.05 Å². The zero-order valence-electron chi connectivity index (χ0n) is 5.84. The van der Waals surface area contributed by atoms with Crippen LogP contribution in [0.15, 0.2) is 0 Å². The average Bonchev–Trinajstić information content (AvgIpc) is 1.90. The first-order chi connectivity index (χ1) is 4.33. The van der Waals surface area contributed by atoms with E-state index < -0.39 is 0 Å². The van der Waals surface area contributed by atoms with Crippen LogP contribution in [0.4, 0.5) is 0 Å². The summed E-state index contributed by atoms with van der Waals surface area (Å²) in [6, 6.07) is 0. The van der Waals surface area contributed by atoms with Crippen LogP contribution in [0.2, 0.25) is 0 Å². The molecule has 0 aliphatic carbocycles. The molecule has 1 aliphatic rings. The molecule has 9 heavy (non-hydrogen) atoms. The summed E-state index contributed by atoms with van der Waals surface area (Å²) in [6.45, 7) is 4.68.